The molecule has 2 aliphatic rings. The average Bonchev–Trinajstić information content (AvgIpc) is 2.92. The lowest BCUT2D eigenvalue weighted by Gasteiger charge is -2.39. The fourth-order valence-corrected chi connectivity index (χ4v) is 4.33. The molecule has 0 spiro atoms. The number of ketones is 1. The first-order valence-corrected chi connectivity index (χ1v) is 9.95. The average molecular weight is 410 g/mol. The summed E-state index contributed by atoms with van der Waals surface area (Å²) in [6.07, 6.45) is -6.28. The van der Waals surface area contributed by atoms with Crippen LogP contribution in [-0.2, 0) is 22.5 Å². The van der Waals surface area contributed by atoms with Crippen LogP contribution in [0.25, 0.3) is 0 Å². The third kappa shape index (κ3) is 3.86. The lowest BCUT2D eigenvalue weighted by molar-refractivity contribution is -0.300. The molecule has 1 fully saturated rings. The van der Waals surface area contributed by atoms with Crippen LogP contribution in [0, 0.1) is 12.8 Å². The Morgan fingerprint density at radius 2 is 1.72 bits per heavy atom. The summed E-state index contributed by atoms with van der Waals surface area (Å²) in [5.41, 5.74) is 3.92. The standard InChI is InChI=1S/C21H30O8/c1-9-6-13-10(2)11(3)17(24)16(13)14(7-22)12(9)4-5-28-21-20(27)19(26)18(25)15(8-23)29-21/h6,10-11,15,18-23,25-27H,4-5,7-8H2,1-3H3. The van der Waals surface area contributed by atoms with Gasteiger partial charge in [0, 0.05) is 11.5 Å². The predicted molar refractivity (Wildman–Crippen MR) is 102 cm³/mol. The van der Waals surface area contributed by atoms with Gasteiger partial charge < -0.3 is 35.0 Å². The molecule has 1 aromatic carbocycles. The fourth-order valence-electron chi connectivity index (χ4n) is 4.33. The molecule has 1 aliphatic carbocycles. The van der Waals surface area contributed by atoms with Crippen molar-refractivity contribution < 1.29 is 39.8 Å². The molecular formula is C21H30O8. The van der Waals surface area contributed by atoms with E-state index in [-0.39, 0.29) is 30.8 Å². The number of hydrogen-bond donors (Lipinski definition) is 5. The molecule has 29 heavy (non-hydrogen) atoms. The number of ether oxygens (including phenoxy) is 2. The van der Waals surface area contributed by atoms with Crippen molar-refractivity contribution >= 4 is 5.78 Å². The molecular weight excluding hydrogens is 380 g/mol. The van der Waals surface area contributed by atoms with Gasteiger partial charge in [-0.2, -0.15) is 0 Å². The van der Waals surface area contributed by atoms with Gasteiger partial charge in [-0.1, -0.05) is 19.9 Å². The number of fused-ring (bicyclic) bond motifs is 1. The molecule has 1 aliphatic heterocycles. The van der Waals surface area contributed by atoms with Gasteiger partial charge in [0.1, 0.15) is 24.4 Å². The highest BCUT2D eigenvalue weighted by atomic mass is 16.7. The van der Waals surface area contributed by atoms with Gasteiger partial charge in [-0.05, 0) is 41.5 Å². The zero-order valence-electron chi connectivity index (χ0n) is 16.9. The number of carbonyl (C=O) groups is 1. The van der Waals surface area contributed by atoms with Gasteiger partial charge >= 0.3 is 0 Å². The van der Waals surface area contributed by atoms with Crippen LogP contribution < -0.4 is 0 Å². The maximum absolute atomic E-state index is 12.7. The Hall–Kier alpha value is -1.39. The molecule has 0 aromatic heterocycles. The highest BCUT2D eigenvalue weighted by molar-refractivity contribution is 6.04. The molecule has 0 radical (unpaired) electrons. The van der Waals surface area contributed by atoms with E-state index in [1.807, 2.05) is 26.8 Å². The molecule has 0 bridgehead atoms. The quantitative estimate of drug-likeness (QED) is 0.434. The molecule has 162 valence electrons. The molecule has 1 heterocycles. The minimum atomic E-state index is -1.50. The van der Waals surface area contributed by atoms with E-state index in [1.54, 1.807) is 0 Å². The van der Waals surface area contributed by atoms with E-state index in [9.17, 15) is 30.3 Å². The molecule has 8 heteroatoms. The van der Waals surface area contributed by atoms with E-state index >= 15 is 0 Å². The van der Waals surface area contributed by atoms with Gasteiger partial charge in [-0.3, -0.25) is 4.79 Å². The third-order valence-electron chi connectivity index (χ3n) is 6.34. The van der Waals surface area contributed by atoms with Gasteiger partial charge in [-0.15, -0.1) is 0 Å². The molecule has 0 saturated carbocycles. The van der Waals surface area contributed by atoms with Crippen molar-refractivity contribution in [2.75, 3.05) is 13.2 Å². The Balaban J connectivity index is 1.76. The number of rotatable bonds is 6. The van der Waals surface area contributed by atoms with Crippen LogP contribution in [0.5, 0.6) is 0 Å². The zero-order valence-corrected chi connectivity index (χ0v) is 16.9. The lowest BCUT2D eigenvalue weighted by Crippen LogP contribution is -2.59. The molecule has 3 rings (SSSR count). The van der Waals surface area contributed by atoms with Gasteiger partial charge in [0.2, 0.25) is 0 Å². The topological polar surface area (TPSA) is 137 Å². The first-order valence-electron chi connectivity index (χ1n) is 9.95. The Morgan fingerprint density at radius 1 is 1.03 bits per heavy atom. The second-order valence-corrected chi connectivity index (χ2v) is 8.03. The zero-order chi connectivity index (χ0) is 21.5. The summed E-state index contributed by atoms with van der Waals surface area (Å²) < 4.78 is 10.9. The number of aliphatic hydroxyl groups excluding tert-OH is 5. The SMILES string of the molecule is Cc1cc2c(c(CO)c1CCOC1OC(CO)C(O)C(O)C1O)C(=O)C(C)C2C. The number of aliphatic hydroxyl groups is 5. The van der Waals surface area contributed by atoms with E-state index in [0.717, 1.165) is 16.7 Å². The summed E-state index contributed by atoms with van der Waals surface area (Å²) in [5.74, 6) is 0.00360. The van der Waals surface area contributed by atoms with Crippen LogP contribution in [0.15, 0.2) is 6.07 Å². The highest BCUT2D eigenvalue weighted by Gasteiger charge is 2.44. The van der Waals surface area contributed by atoms with Crippen molar-refractivity contribution in [3.63, 3.8) is 0 Å². The van der Waals surface area contributed by atoms with Crippen molar-refractivity contribution in [2.24, 2.45) is 5.92 Å². The Morgan fingerprint density at radius 3 is 2.34 bits per heavy atom. The van der Waals surface area contributed by atoms with Crippen molar-refractivity contribution in [1.29, 1.82) is 0 Å². The fraction of sp³-hybridized carbons (Fsp3) is 0.667. The summed E-state index contributed by atoms with van der Waals surface area (Å²) >= 11 is 0. The summed E-state index contributed by atoms with van der Waals surface area (Å²) in [7, 11) is 0. The van der Waals surface area contributed by atoms with Gasteiger partial charge in [-0.25, -0.2) is 0 Å². The summed E-state index contributed by atoms with van der Waals surface area (Å²) in [5, 5.41) is 49.0. The van der Waals surface area contributed by atoms with Gasteiger partial charge in [0.05, 0.1) is 19.8 Å². The Kier molecular flexibility index (Phi) is 6.74. The second kappa shape index (κ2) is 8.77. The summed E-state index contributed by atoms with van der Waals surface area (Å²) in [6.45, 7) is 5.13. The van der Waals surface area contributed by atoms with Gasteiger partial charge in [0.25, 0.3) is 0 Å². The number of aryl methyl sites for hydroxylation is 1. The van der Waals surface area contributed by atoms with E-state index in [1.165, 1.54) is 0 Å². The van der Waals surface area contributed by atoms with Crippen LogP contribution in [0.1, 0.15) is 52.4 Å². The molecule has 8 nitrogen and oxygen atoms in total. The summed E-state index contributed by atoms with van der Waals surface area (Å²) in [4.78, 5) is 12.7. The lowest BCUT2D eigenvalue weighted by atomic mass is 9.90. The van der Waals surface area contributed by atoms with Crippen molar-refractivity contribution in [2.45, 2.75) is 70.4 Å². The molecule has 1 saturated heterocycles. The normalized spacial score (nSPS) is 34.5. The third-order valence-corrected chi connectivity index (χ3v) is 6.34. The van der Waals surface area contributed by atoms with E-state index in [0.29, 0.717) is 17.5 Å². The largest absolute Gasteiger partial charge is 0.394 e. The van der Waals surface area contributed by atoms with Crippen LogP contribution in [0.2, 0.25) is 0 Å². The highest BCUT2D eigenvalue weighted by Crippen LogP contribution is 2.41. The number of Topliss-reactive ketones (excluding diaryl/α,β-unsaturated/α-hetero) is 1. The minimum absolute atomic E-state index is 0.0349. The van der Waals surface area contributed by atoms with Gasteiger partial charge in [0.15, 0.2) is 12.1 Å². The first kappa shape index (κ1) is 22.3. The maximum Gasteiger partial charge on any atom is 0.186 e. The van der Waals surface area contributed by atoms with Crippen molar-refractivity contribution in [3.8, 4) is 0 Å². The van der Waals surface area contributed by atoms with Crippen molar-refractivity contribution in [1.82, 2.24) is 0 Å². The van der Waals surface area contributed by atoms with Crippen LogP contribution in [-0.4, -0.2) is 75.2 Å². The number of carbonyl (C=O) groups excluding carboxylic acids is 1. The van der Waals surface area contributed by atoms with E-state index < -0.39 is 37.3 Å². The van der Waals surface area contributed by atoms with Crippen molar-refractivity contribution in [3.05, 3.63) is 33.9 Å². The minimum Gasteiger partial charge on any atom is -0.394 e. The second-order valence-electron chi connectivity index (χ2n) is 8.03. The number of hydrogen-bond acceptors (Lipinski definition) is 8. The Labute approximate surface area is 169 Å². The monoisotopic (exact) mass is 410 g/mol. The van der Waals surface area contributed by atoms with E-state index in [4.69, 9.17) is 9.47 Å². The number of benzene rings is 1. The van der Waals surface area contributed by atoms with E-state index in [2.05, 4.69) is 0 Å². The first-order chi connectivity index (χ1) is 13.7. The smallest absolute Gasteiger partial charge is 0.186 e. The molecule has 0 amide bonds. The molecule has 7 atom stereocenters. The van der Waals surface area contributed by atoms with Crippen LogP contribution >= 0.6 is 0 Å². The van der Waals surface area contributed by atoms with Crippen LogP contribution in [0.4, 0.5) is 0 Å². The molecule has 7 unspecified atom stereocenters. The molecule has 5 N–H and O–H groups in total. The predicted octanol–water partition coefficient (Wildman–Crippen LogP) is -0.218. The summed E-state index contributed by atoms with van der Waals surface area (Å²) in [6, 6.07) is 1.99. The maximum atomic E-state index is 12.7. The van der Waals surface area contributed by atoms with Crippen LogP contribution in [0.3, 0.4) is 0 Å². The molecule has 1 aromatic rings. The Bertz CT molecular complexity index is 762.